The third-order valence-corrected chi connectivity index (χ3v) is 5.18. The van der Waals surface area contributed by atoms with Crippen molar-refractivity contribution in [2.24, 2.45) is 5.92 Å². The van der Waals surface area contributed by atoms with E-state index in [-0.39, 0.29) is 11.9 Å². The molecule has 1 heterocycles. The van der Waals surface area contributed by atoms with Gasteiger partial charge in [0.1, 0.15) is 0 Å². The zero-order valence-corrected chi connectivity index (χ0v) is 13.2. The number of aryl methyl sites for hydroxylation is 1. The summed E-state index contributed by atoms with van der Waals surface area (Å²) in [6, 6.07) is 6.14. The van der Waals surface area contributed by atoms with Crippen molar-refractivity contribution in [2.75, 3.05) is 5.32 Å². The average Bonchev–Trinajstić information content (AvgIpc) is 2.50. The first-order valence-corrected chi connectivity index (χ1v) is 8.34. The normalized spacial score (nSPS) is 28.8. The molecule has 1 aliphatic carbocycles. The van der Waals surface area contributed by atoms with E-state index in [2.05, 4.69) is 10.6 Å². The molecule has 114 valence electrons. The van der Waals surface area contributed by atoms with Gasteiger partial charge < -0.3 is 10.6 Å². The molecule has 0 aromatic heterocycles. The molecule has 2 N–H and O–H groups in total. The lowest BCUT2D eigenvalue weighted by Gasteiger charge is -2.39. The number of nitrogens with one attached hydrogen (secondary N) is 2. The SMILES string of the molecule is Cc1ccc(Cl)c(NC(=O)C2CCC3CCCCC3N2)c1. The number of halogens is 1. The molecule has 3 rings (SSSR count). The summed E-state index contributed by atoms with van der Waals surface area (Å²) in [5, 5.41) is 7.13. The number of amides is 1. The van der Waals surface area contributed by atoms with Gasteiger partial charge in [0.05, 0.1) is 16.8 Å². The Kier molecular flexibility index (Phi) is 4.51. The smallest absolute Gasteiger partial charge is 0.241 e. The molecule has 1 aromatic carbocycles. The Morgan fingerprint density at radius 3 is 2.90 bits per heavy atom. The van der Waals surface area contributed by atoms with E-state index in [1.54, 1.807) is 0 Å². The van der Waals surface area contributed by atoms with E-state index in [1.807, 2.05) is 25.1 Å². The second-order valence-electron chi connectivity index (χ2n) is 6.42. The molecule has 1 aliphatic heterocycles. The van der Waals surface area contributed by atoms with Crippen LogP contribution in [0.3, 0.4) is 0 Å². The highest BCUT2D eigenvalue weighted by atomic mass is 35.5. The summed E-state index contributed by atoms with van der Waals surface area (Å²) in [6.45, 7) is 2.00. The van der Waals surface area contributed by atoms with Crippen LogP contribution in [0, 0.1) is 12.8 Å². The predicted molar refractivity (Wildman–Crippen MR) is 86.7 cm³/mol. The zero-order chi connectivity index (χ0) is 14.8. The third kappa shape index (κ3) is 3.41. The van der Waals surface area contributed by atoms with E-state index in [9.17, 15) is 4.79 Å². The Morgan fingerprint density at radius 2 is 2.05 bits per heavy atom. The molecular weight excluding hydrogens is 284 g/mol. The fraction of sp³-hybridized carbons (Fsp3) is 0.588. The van der Waals surface area contributed by atoms with E-state index in [0.717, 1.165) is 24.3 Å². The largest absolute Gasteiger partial charge is 0.323 e. The lowest BCUT2D eigenvalue weighted by Crippen LogP contribution is -2.53. The number of hydrogen-bond acceptors (Lipinski definition) is 2. The van der Waals surface area contributed by atoms with Crippen LogP contribution in [0.1, 0.15) is 44.1 Å². The van der Waals surface area contributed by atoms with Crippen molar-refractivity contribution < 1.29 is 4.79 Å². The first-order chi connectivity index (χ1) is 10.1. The fourth-order valence-electron chi connectivity index (χ4n) is 3.66. The van der Waals surface area contributed by atoms with Gasteiger partial charge in [0, 0.05) is 6.04 Å². The standard InChI is InChI=1S/C17H23ClN2O/c1-11-6-8-13(18)16(10-11)20-17(21)15-9-7-12-4-2-3-5-14(12)19-15/h6,8,10,12,14-15,19H,2-5,7,9H2,1H3,(H,20,21). The van der Waals surface area contributed by atoms with Gasteiger partial charge in [0.15, 0.2) is 0 Å². The van der Waals surface area contributed by atoms with Crippen LogP contribution in [0.2, 0.25) is 5.02 Å². The Balaban J connectivity index is 1.64. The number of rotatable bonds is 2. The molecule has 2 fully saturated rings. The molecule has 1 aromatic rings. The molecule has 21 heavy (non-hydrogen) atoms. The molecule has 3 unspecified atom stereocenters. The molecule has 1 saturated carbocycles. The van der Waals surface area contributed by atoms with Gasteiger partial charge in [0.2, 0.25) is 5.91 Å². The van der Waals surface area contributed by atoms with E-state index >= 15 is 0 Å². The van der Waals surface area contributed by atoms with Crippen molar-refractivity contribution in [3.63, 3.8) is 0 Å². The Morgan fingerprint density at radius 1 is 1.24 bits per heavy atom. The Hall–Kier alpha value is -1.06. The minimum Gasteiger partial charge on any atom is -0.323 e. The van der Waals surface area contributed by atoms with Crippen molar-refractivity contribution in [2.45, 2.75) is 57.5 Å². The van der Waals surface area contributed by atoms with Crippen LogP contribution in [0.4, 0.5) is 5.69 Å². The Labute approximate surface area is 131 Å². The minimum absolute atomic E-state index is 0.0477. The van der Waals surface area contributed by atoms with Gasteiger partial charge in [-0.1, -0.05) is 30.5 Å². The summed E-state index contributed by atoms with van der Waals surface area (Å²) in [7, 11) is 0. The lowest BCUT2D eigenvalue weighted by atomic mass is 9.77. The van der Waals surface area contributed by atoms with E-state index < -0.39 is 0 Å². The van der Waals surface area contributed by atoms with Crippen molar-refractivity contribution in [1.82, 2.24) is 5.32 Å². The first kappa shape index (κ1) is 14.9. The second-order valence-corrected chi connectivity index (χ2v) is 6.83. The summed E-state index contributed by atoms with van der Waals surface area (Å²) < 4.78 is 0. The summed E-state index contributed by atoms with van der Waals surface area (Å²) in [6.07, 6.45) is 7.24. The highest BCUT2D eigenvalue weighted by molar-refractivity contribution is 6.33. The van der Waals surface area contributed by atoms with Crippen molar-refractivity contribution in [1.29, 1.82) is 0 Å². The quantitative estimate of drug-likeness (QED) is 0.870. The summed E-state index contributed by atoms with van der Waals surface area (Å²) >= 11 is 6.15. The summed E-state index contributed by atoms with van der Waals surface area (Å²) in [5.41, 5.74) is 1.81. The van der Waals surface area contributed by atoms with Gasteiger partial charge in [-0.05, 0) is 56.2 Å². The maximum Gasteiger partial charge on any atom is 0.241 e. The van der Waals surface area contributed by atoms with Crippen LogP contribution in [0.25, 0.3) is 0 Å². The number of fused-ring (bicyclic) bond motifs is 1. The fourth-order valence-corrected chi connectivity index (χ4v) is 3.82. The van der Waals surface area contributed by atoms with Gasteiger partial charge in [-0.25, -0.2) is 0 Å². The van der Waals surface area contributed by atoms with Gasteiger partial charge in [-0.3, -0.25) is 4.79 Å². The van der Waals surface area contributed by atoms with Gasteiger partial charge in [-0.2, -0.15) is 0 Å². The van der Waals surface area contributed by atoms with Crippen LogP contribution in [0.15, 0.2) is 18.2 Å². The number of piperidine rings is 1. The minimum atomic E-state index is -0.0825. The first-order valence-electron chi connectivity index (χ1n) is 7.96. The van der Waals surface area contributed by atoms with Crippen molar-refractivity contribution in [3.8, 4) is 0 Å². The zero-order valence-electron chi connectivity index (χ0n) is 12.5. The van der Waals surface area contributed by atoms with Crippen LogP contribution in [0.5, 0.6) is 0 Å². The van der Waals surface area contributed by atoms with Crippen LogP contribution >= 0.6 is 11.6 Å². The highest BCUT2D eigenvalue weighted by Gasteiger charge is 2.34. The molecule has 0 spiro atoms. The monoisotopic (exact) mass is 306 g/mol. The maximum atomic E-state index is 12.5. The Bertz CT molecular complexity index is 532. The van der Waals surface area contributed by atoms with Crippen molar-refractivity contribution in [3.05, 3.63) is 28.8 Å². The molecule has 1 saturated heterocycles. The number of anilines is 1. The number of benzene rings is 1. The molecule has 2 aliphatic rings. The molecule has 3 nitrogen and oxygen atoms in total. The van der Waals surface area contributed by atoms with Crippen LogP contribution < -0.4 is 10.6 Å². The topological polar surface area (TPSA) is 41.1 Å². The van der Waals surface area contributed by atoms with Gasteiger partial charge in [-0.15, -0.1) is 0 Å². The van der Waals surface area contributed by atoms with Crippen molar-refractivity contribution >= 4 is 23.2 Å². The molecule has 4 heteroatoms. The second kappa shape index (κ2) is 6.37. The molecule has 3 atom stereocenters. The molecule has 0 radical (unpaired) electrons. The average molecular weight is 307 g/mol. The van der Waals surface area contributed by atoms with E-state index in [0.29, 0.717) is 16.8 Å². The van der Waals surface area contributed by atoms with Gasteiger partial charge >= 0.3 is 0 Å². The number of hydrogen-bond donors (Lipinski definition) is 2. The summed E-state index contributed by atoms with van der Waals surface area (Å²) in [5.74, 6) is 0.817. The third-order valence-electron chi connectivity index (χ3n) is 4.85. The number of carbonyl (C=O) groups is 1. The highest BCUT2D eigenvalue weighted by Crippen LogP contribution is 2.32. The molecular formula is C17H23ClN2O. The lowest BCUT2D eigenvalue weighted by molar-refractivity contribution is -0.119. The summed E-state index contributed by atoms with van der Waals surface area (Å²) in [4.78, 5) is 12.5. The number of carbonyl (C=O) groups excluding carboxylic acids is 1. The maximum absolute atomic E-state index is 12.5. The van der Waals surface area contributed by atoms with E-state index in [4.69, 9.17) is 11.6 Å². The van der Waals surface area contributed by atoms with Gasteiger partial charge in [0.25, 0.3) is 0 Å². The predicted octanol–water partition coefficient (Wildman–Crippen LogP) is 3.90. The van der Waals surface area contributed by atoms with Crippen LogP contribution in [-0.4, -0.2) is 18.0 Å². The van der Waals surface area contributed by atoms with Crippen LogP contribution in [-0.2, 0) is 4.79 Å². The van der Waals surface area contributed by atoms with E-state index in [1.165, 1.54) is 25.7 Å². The molecule has 0 bridgehead atoms. The molecule has 1 amide bonds.